The van der Waals surface area contributed by atoms with Crippen molar-refractivity contribution in [2.24, 2.45) is 0 Å². The van der Waals surface area contributed by atoms with Crippen molar-refractivity contribution in [3.05, 3.63) is 47.9 Å². The average Bonchev–Trinajstić information content (AvgIpc) is 2.74. The molecule has 5 nitrogen and oxygen atoms in total. The van der Waals surface area contributed by atoms with Gasteiger partial charge in [0.25, 0.3) is 0 Å². The molecule has 0 unspecified atom stereocenters. The monoisotopic (exact) mass is 235 g/mol. The lowest BCUT2D eigenvalue weighted by molar-refractivity contribution is 0.891. The summed E-state index contributed by atoms with van der Waals surface area (Å²) in [6, 6.07) is 11.5. The summed E-state index contributed by atoms with van der Waals surface area (Å²) < 4.78 is 1.85. The van der Waals surface area contributed by atoms with E-state index in [1.807, 2.05) is 35.8 Å². The van der Waals surface area contributed by atoms with E-state index in [4.69, 9.17) is 5.26 Å². The molecule has 2 heterocycles. The topological polar surface area (TPSA) is 67.4 Å². The third-order valence-electron chi connectivity index (χ3n) is 2.76. The van der Waals surface area contributed by atoms with Crippen molar-refractivity contribution >= 4 is 11.0 Å². The van der Waals surface area contributed by atoms with Crippen molar-refractivity contribution in [2.75, 3.05) is 0 Å². The second-order valence-corrected chi connectivity index (χ2v) is 3.86. The van der Waals surface area contributed by atoms with E-state index in [9.17, 15) is 0 Å². The van der Waals surface area contributed by atoms with Gasteiger partial charge in [-0.25, -0.2) is 4.98 Å². The number of benzene rings is 1. The summed E-state index contributed by atoms with van der Waals surface area (Å²) >= 11 is 0. The average molecular weight is 235 g/mol. The van der Waals surface area contributed by atoms with Crippen molar-refractivity contribution in [3.63, 3.8) is 0 Å². The molecule has 3 rings (SSSR count). The van der Waals surface area contributed by atoms with Crippen LogP contribution < -0.4 is 0 Å². The summed E-state index contributed by atoms with van der Waals surface area (Å²) in [5, 5.41) is 17.0. The minimum absolute atomic E-state index is 0.483. The Kier molecular flexibility index (Phi) is 2.27. The zero-order valence-electron chi connectivity index (χ0n) is 9.70. The normalized spacial score (nSPS) is 10.4. The highest BCUT2D eigenvalue weighted by atomic mass is 15.2. The Bertz CT molecular complexity index is 766. The van der Waals surface area contributed by atoms with Crippen LogP contribution in [0.2, 0.25) is 0 Å². The van der Waals surface area contributed by atoms with Gasteiger partial charge in [-0.05, 0) is 25.1 Å². The molecule has 2 aromatic heterocycles. The Hall–Kier alpha value is -2.74. The fraction of sp³-hybridized carbons (Fsp3) is 0.0769. The molecular formula is C13H9N5. The van der Waals surface area contributed by atoms with Crippen LogP contribution in [0.1, 0.15) is 11.4 Å². The molecule has 3 aromatic rings. The quantitative estimate of drug-likeness (QED) is 0.647. The van der Waals surface area contributed by atoms with Crippen LogP contribution in [0.15, 0.2) is 36.5 Å². The van der Waals surface area contributed by atoms with Crippen molar-refractivity contribution in [1.29, 1.82) is 5.26 Å². The standard InChI is InChI=1S/C13H9N5/c1-9-16-11-4-2-3-5-12(11)18(9)13-10(8-14)6-7-15-17-13/h2-7H,1H3. The molecule has 0 aliphatic rings. The van der Waals surface area contributed by atoms with Gasteiger partial charge in [0.15, 0.2) is 5.82 Å². The third-order valence-corrected chi connectivity index (χ3v) is 2.76. The number of aryl methyl sites for hydroxylation is 1. The minimum Gasteiger partial charge on any atom is -0.278 e. The Morgan fingerprint density at radius 3 is 2.89 bits per heavy atom. The molecule has 0 spiro atoms. The van der Waals surface area contributed by atoms with E-state index < -0.39 is 0 Å². The molecule has 1 aromatic carbocycles. The summed E-state index contributed by atoms with van der Waals surface area (Å²) in [7, 11) is 0. The molecule has 0 N–H and O–H groups in total. The second-order valence-electron chi connectivity index (χ2n) is 3.86. The van der Waals surface area contributed by atoms with Crippen LogP contribution in [0.25, 0.3) is 16.9 Å². The SMILES string of the molecule is Cc1nc2ccccc2n1-c1nnccc1C#N. The molecule has 0 atom stereocenters. The number of fused-ring (bicyclic) bond motifs is 1. The molecule has 0 aliphatic heterocycles. The van der Waals surface area contributed by atoms with Crippen molar-refractivity contribution in [3.8, 4) is 11.9 Å². The zero-order valence-corrected chi connectivity index (χ0v) is 9.70. The maximum absolute atomic E-state index is 9.13. The van der Waals surface area contributed by atoms with Gasteiger partial charge in [0, 0.05) is 0 Å². The van der Waals surface area contributed by atoms with Crippen LogP contribution in [0, 0.1) is 18.3 Å². The van der Waals surface area contributed by atoms with E-state index in [-0.39, 0.29) is 0 Å². The number of hydrogen-bond donors (Lipinski definition) is 0. The molecule has 0 aliphatic carbocycles. The summed E-state index contributed by atoms with van der Waals surface area (Å²) in [6.45, 7) is 1.88. The zero-order chi connectivity index (χ0) is 12.5. The number of aromatic nitrogens is 4. The smallest absolute Gasteiger partial charge is 0.179 e. The van der Waals surface area contributed by atoms with E-state index in [1.165, 1.54) is 6.20 Å². The molecule has 0 amide bonds. The van der Waals surface area contributed by atoms with Crippen LogP contribution in [0.4, 0.5) is 0 Å². The fourth-order valence-corrected chi connectivity index (χ4v) is 1.99. The van der Waals surface area contributed by atoms with Gasteiger partial charge in [0.1, 0.15) is 11.9 Å². The molecule has 18 heavy (non-hydrogen) atoms. The van der Waals surface area contributed by atoms with E-state index in [0.717, 1.165) is 16.9 Å². The first-order chi connectivity index (χ1) is 8.81. The predicted octanol–water partition coefficient (Wildman–Crippen LogP) is 2.00. The van der Waals surface area contributed by atoms with Gasteiger partial charge in [-0.2, -0.15) is 10.4 Å². The Balaban J connectivity index is 2.39. The van der Waals surface area contributed by atoms with Gasteiger partial charge < -0.3 is 0 Å². The lowest BCUT2D eigenvalue weighted by atomic mass is 10.3. The Morgan fingerprint density at radius 2 is 2.06 bits per heavy atom. The van der Waals surface area contributed by atoms with Gasteiger partial charge in [-0.1, -0.05) is 12.1 Å². The van der Waals surface area contributed by atoms with E-state index >= 15 is 0 Å². The maximum Gasteiger partial charge on any atom is 0.179 e. The maximum atomic E-state index is 9.13. The first-order valence-electron chi connectivity index (χ1n) is 5.47. The highest BCUT2D eigenvalue weighted by Crippen LogP contribution is 2.21. The van der Waals surface area contributed by atoms with E-state index in [2.05, 4.69) is 21.3 Å². The minimum atomic E-state index is 0.483. The first kappa shape index (κ1) is 10.4. The molecule has 0 radical (unpaired) electrons. The number of hydrogen-bond acceptors (Lipinski definition) is 4. The van der Waals surface area contributed by atoms with Gasteiger partial charge in [0.2, 0.25) is 0 Å². The number of nitrogens with zero attached hydrogens (tertiary/aromatic N) is 5. The molecule has 5 heteroatoms. The second kappa shape index (κ2) is 3.93. The number of para-hydroxylation sites is 2. The largest absolute Gasteiger partial charge is 0.278 e. The van der Waals surface area contributed by atoms with Gasteiger partial charge in [-0.15, -0.1) is 5.10 Å². The summed E-state index contributed by atoms with van der Waals surface area (Å²) in [6.07, 6.45) is 1.51. The number of rotatable bonds is 1. The highest BCUT2D eigenvalue weighted by Gasteiger charge is 2.13. The number of imidazole rings is 1. The molecular weight excluding hydrogens is 226 g/mol. The predicted molar refractivity (Wildman–Crippen MR) is 66.1 cm³/mol. The summed E-state index contributed by atoms with van der Waals surface area (Å²) in [5.41, 5.74) is 2.28. The van der Waals surface area contributed by atoms with Crippen LogP contribution in [0.5, 0.6) is 0 Å². The Labute approximate surface area is 103 Å². The van der Waals surface area contributed by atoms with Crippen molar-refractivity contribution < 1.29 is 0 Å². The highest BCUT2D eigenvalue weighted by molar-refractivity contribution is 5.78. The Morgan fingerprint density at radius 1 is 1.22 bits per heavy atom. The summed E-state index contributed by atoms with van der Waals surface area (Å²) in [5.74, 6) is 1.31. The van der Waals surface area contributed by atoms with E-state index in [1.54, 1.807) is 6.07 Å². The number of nitriles is 1. The summed E-state index contributed by atoms with van der Waals surface area (Å²) in [4.78, 5) is 4.45. The molecule has 0 fully saturated rings. The fourth-order valence-electron chi connectivity index (χ4n) is 1.99. The van der Waals surface area contributed by atoms with Gasteiger partial charge in [-0.3, -0.25) is 4.57 Å². The van der Waals surface area contributed by atoms with Crippen LogP contribution in [-0.2, 0) is 0 Å². The third kappa shape index (κ3) is 1.44. The van der Waals surface area contributed by atoms with Gasteiger partial charge in [0.05, 0.1) is 22.8 Å². The molecule has 0 bridgehead atoms. The van der Waals surface area contributed by atoms with Crippen LogP contribution in [0.3, 0.4) is 0 Å². The first-order valence-corrected chi connectivity index (χ1v) is 5.47. The van der Waals surface area contributed by atoms with Crippen LogP contribution in [-0.4, -0.2) is 19.7 Å². The van der Waals surface area contributed by atoms with E-state index in [0.29, 0.717) is 11.4 Å². The molecule has 0 saturated carbocycles. The van der Waals surface area contributed by atoms with Gasteiger partial charge >= 0.3 is 0 Å². The molecule has 0 saturated heterocycles. The van der Waals surface area contributed by atoms with Crippen molar-refractivity contribution in [2.45, 2.75) is 6.92 Å². The lowest BCUT2D eigenvalue weighted by Crippen LogP contribution is -2.04. The lowest BCUT2D eigenvalue weighted by Gasteiger charge is -2.05. The van der Waals surface area contributed by atoms with Crippen molar-refractivity contribution in [1.82, 2.24) is 19.7 Å². The van der Waals surface area contributed by atoms with Crippen LogP contribution >= 0.6 is 0 Å². The molecule has 86 valence electrons.